The zero-order chi connectivity index (χ0) is 15.2. The summed E-state index contributed by atoms with van der Waals surface area (Å²) in [4.78, 5) is 13.2. The fraction of sp³-hybridized carbons (Fsp3) is 0.600. The van der Waals surface area contributed by atoms with Crippen molar-refractivity contribution in [3.63, 3.8) is 0 Å². The Morgan fingerprint density at radius 1 is 1.48 bits per heavy atom. The quantitative estimate of drug-likeness (QED) is 0.841. The molecule has 0 bridgehead atoms. The van der Waals surface area contributed by atoms with Crippen LogP contribution in [0.5, 0.6) is 0 Å². The molecule has 2 N–H and O–H groups in total. The van der Waals surface area contributed by atoms with Crippen LogP contribution in [0.4, 0.5) is 0 Å². The van der Waals surface area contributed by atoms with Gasteiger partial charge in [-0.1, -0.05) is 13.0 Å². The topological polar surface area (TPSA) is 74.0 Å². The van der Waals surface area contributed by atoms with Crippen molar-refractivity contribution in [3.05, 3.63) is 31.0 Å². The maximum absolute atomic E-state index is 11.4. The molecule has 6 heteroatoms. The Kier molecular flexibility index (Phi) is 3.55. The molecule has 4 unspecified atom stereocenters. The molecule has 3 heterocycles. The summed E-state index contributed by atoms with van der Waals surface area (Å²) in [6, 6.07) is 0. The molecule has 2 fully saturated rings. The number of rotatable bonds is 3. The first kappa shape index (κ1) is 14.6. The van der Waals surface area contributed by atoms with E-state index in [4.69, 9.17) is 19.9 Å². The number of nitrogens with two attached hydrogens (primary N) is 1. The number of hydrogen-bond donors (Lipinski definition) is 1. The first-order valence-corrected chi connectivity index (χ1v) is 7.16. The van der Waals surface area contributed by atoms with Gasteiger partial charge in [-0.2, -0.15) is 0 Å². The fourth-order valence-electron chi connectivity index (χ4n) is 3.03. The van der Waals surface area contributed by atoms with E-state index in [2.05, 4.69) is 6.92 Å². The molecule has 115 valence electrons. The Morgan fingerprint density at radius 2 is 2.19 bits per heavy atom. The molecular weight excluding hydrogens is 272 g/mol. The standard InChI is InChI=1S/C15H21N2O4/c1-4-10-11-12(21-15(2,3)20-11)14(19-10)17-7-5-6-9(8-17)13(16)18/h5,7-8,10-12,14H,1,4,6H2,2-3H3,(H2,16,18). The van der Waals surface area contributed by atoms with Gasteiger partial charge in [0.05, 0.1) is 6.10 Å². The highest BCUT2D eigenvalue weighted by atomic mass is 16.8. The third-order valence-electron chi connectivity index (χ3n) is 3.94. The Balaban J connectivity index is 1.84. The number of primary amides is 1. The second-order valence-corrected chi connectivity index (χ2v) is 5.97. The van der Waals surface area contributed by atoms with Crippen LogP contribution in [0, 0.1) is 6.92 Å². The van der Waals surface area contributed by atoms with Gasteiger partial charge in [-0.15, -0.1) is 0 Å². The third kappa shape index (κ3) is 2.59. The van der Waals surface area contributed by atoms with Crippen molar-refractivity contribution in [3.8, 4) is 0 Å². The minimum absolute atomic E-state index is 0.123. The lowest BCUT2D eigenvalue weighted by molar-refractivity contribution is -0.198. The Labute approximate surface area is 124 Å². The largest absolute Gasteiger partial charge is 0.366 e. The molecule has 0 aromatic rings. The van der Waals surface area contributed by atoms with Crippen molar-refractivity contribution in [2.45, 2.75) is 57.0 Å². The molecule has 0 spiro atoms. The molecule has 1 radical (unpaired) electrons. The molecule has 0 aromatic heterocycles. The predicted molar refractivity (Wildman–Crippen MR) is 75.3 cm³/mol. The van der Waals surface area contributed by atoms with Crippen molar-refractivity contribution < 1.29 is 19.0 Å². The summed E-state index contributed by atoms with van der Waals surface area (Å²) in [6.45, 7) is 7.69. The van der Waals surface area contributed by atoms with Crippen molar-refractivity contribution in [1.82, 2.24) is 4.90 Å². The minimum atomic E-state index is -0.638. The average molecular weight is 293 g/mol. The SMILES string of the molecule is [CH2]CC1OC(N2C=CCC(C(N)=O)=C2)C2OC(C)(C)OC12. The van der Waals surface area contributed by atoms with Gasteiger partial charge >= 0.3 is 0 Å². The predicted octanol–water partition coefficient (Wildman–Crippen LogP) is 1.04. The summed E-state index contributed by atoms with van der Waals surface area (Å²) in [5.74, 6) is -1.06. The fourth-order valence-corrected chi connectivity index (χ4v) is 3.03. The van der Waals surface area contributed by atoms with E-state index in [1.54, 1.807) is 6.20 Å². The van der Waals surface area contributed by atoms with Crippen LogP contribution in [0.3, 0.4) is 0 Å². The molecule has 0 aliphatic carbocycles. The molecule has 4 atom stereocenters. The van der Waals surface area contributed by atoms with Crippen LogP contribution in [0.25, 0.3) is 0 Å². The monoisotopic (exact) mass is 293 g/mol. The normalized spacial score (nSPS) is 37.5. The summed E-state index contributed by atoms with van der Waals surface area (Å²) >= 11 is 0. The molecule has 3 rings (SSSR count). The number of hydrogen-bond acceptors (Lipinski definition) is 5. The van der Waals surface area contributed by atoms with Gasteiger partial charge in [0.15, 0.2) is 12.0 Å². The van der Waals surface area contributed by atoms with E-state index < -0.39 is 11.7 Å². The molecule has 3 aliphatic rings. The lowest BCUT2D eigenvalue weighted by Gasteiger charge is -2.31. The molecule has 6 nitrogen and oxygen atoms in total. The number of ether oxygens (including phenoxy) is 3. The maximum Gasteiger partial charge on any atom is 0.246 e. The van der Waals surface area contributed by atoms with Gasteiger partial charge in [0, 0.05) is 18.0 Å². The Morgan fingerprint density at radius 3 is 2.86 bits per heavy atom. The van der Waals surface area contributed by atoms with Crippen molar-refractivity contribution >= 4 is 5.91 Å². The first-order chi connectivity index (χ1) is 9.91. The van der Waals surface area contributed by atoms with E-state index in [1.165, 1.54) is 0 Å². The van der Waals surface area contributed by atoms with Crippen molar-refractivity contribution in [2.24, 2.45) is 5.73 Å². The molecule has 3 aliphatic heterocycles. The third-order valence-corrected chi connectivity index (χ3v) is 3.94. The zero-order valence-corrected chi connectivity index (χ0v) is 12.3. The molecule has 0 aromatic carbocycles. The lowest BCUT2D eigenvalue weighted by Crippen LogP contribution is -2.40. The van der Waals surface area contributed by atoms with Crippen LogP contribution >= 0.6 is 0 Å². The minimum Gasteiger partial charge on any atom is -0.366 e. The average Bonchev–Trinajstić information content (AvgIpc) is 2.91. The van der Waals surface area contributed by atoms with Crippen molar-refractivity contribution in [1.29, 1.82) is 0 Å². The summed E-state index contributed by atoms with van der Waals surface area (Å²) in [5, 5.41) is 0. The summed E-state index contributed by atoms with van der Waals surface area (Å²) in [6.07, 6.45) is 5.80. The van der Waals surface area contributed by atoms with Gasteiger partial charge in [0.25, 0.3) is 0 Å². The van der Waals surface area contributed by atoms with Crippen LogP contribution in [0.2, 0.25) is 0 Å². The van der Waals surface area contributed by atoms with E-state index in [-0.39, 0.29) is 24.5 Å². The van der Waals surface area contributed by atoms with E-state index in [0.717, 1.165) is 0 Å². The summed E-state index contributed by atoms with van der Waals surface area (Å²) in [5.41, 5.74) is 5.91. The van der Waals surface area contributed by atoms with Crippen LogP contribution < -0.4 is 5.73 Å². The highest BCUT2D eigenvalue weighted by molar-refractivity contribution is 5.92. The van der Waals surface area contributed by atoms with E-state index in [9.17, 15) is 4.79 Å². The summed E-state index contributed by atoms with van der Waals surface area (Å²) < 4.78 is 17.9. The Hall–Kier alpha value is -1.37. The number of carbonyl (C=O) groups excluding carboxylic acids is 1. The number of amides is 1. The molecule has 0 saturated carbocycles. The lowest BCUT2D eigenvalue weighted by atomic mass is 10.1. The number of allylic oxidation sites excluding steroid dienone is 1. The highest BCUT2D eigenvalue weighted by Gasteiger charge is 2.55. The Bertz CT molecular complexity index is 500. The van der Waals surface area contributed by atoms with E-state index in [0.29, 0.717) is 18.4 Å². The molecule has 21 heavy (non-hydrogen) atoms. The van der Waals surface area contributed by atoms with Gasteiger partial charge in [-0.25, -0.2) is 0 Å². The first-order valence-electron chi connectivity index (χ1n) is 7.16. The van der Waals surface area contributed by atoms with Gasteiger partial charge < -0.3 is 24.8 Å². The smallest absolute Gasteiger partial charge is 0.246 e. The second-order valence-electron chi connectivity index (χ2n) is 5.97. The number of nitrogens with zero attached hydrogens (tertiary/aromatic N) is 1. The molecule has 2 saturated heterocycles. The summed E-state index contributed by atoms with van der Waals surface area (Å²) in [7, 11) is 0. The van der Waals surface area contributed by atoms with E-state index in [1.807, 2.05) is 31.0 Å². The van der Waals surface area contributed by atoms with Gasteiger partial charge in [0.2, 0.25) is 5.91 Å². The zero-order valence-electron chi connectivity index (χ0n) is 12.3. The van der Waals surface area contributed by atoms with Crippen molar-refractivity contribution in [2.75, 3.05) is 0 Å². The molecular formula is C15H21N2O4. The van der Waals surface area contributed by atoms with Gasteiger partial charge in [0.1, 0.15) is 12.2 Å². The van der Waals surface area contributed by atoms with Crippen LogP contribution in [-0.4, -0.2) is 41.1 Å². The van der Waals surface area contributed by atoms with Gasteiger partial charge in [-0.3, -0.25) is 4.79 Å². The van der Waals surface area contributed by atoms with Gasteiger partial charge in [-0.05, 0) is 26.7 Å². The van der Waals surface area contributed by atoms with E-state index >= 15 is 0 Å². The number of carbonyl (C=O) groups is 1. The maximum atomic E-state index is 11.4. The molecule has 1 amide bonds. The van der Waals surface area contributed by atoms with Crippen LogP contribution in [0.15, 0.2) is 24.0 Å². The highest BCUT2D eigenvalue weighted by Crippen LogP contribution is 2.41. The second kappa shape index (κ2) is 5.12. The van der Waals surface area contributed by atoms with Crippen LogP contribution in [0.1, 0.15) is 26.7 Å². The van der Waals surface area contributed by atoms with Crippen LogP contribution in [-0.2, 0) is 19.0 Å². The number of fused-ring (bicyclic) bond motifs is 1.